The first kappa shape index (κ1) is 12.0. The van der Waals surface area contributed by atoms with Crippen LogP contribution in [0.2, 0.25) is 0 Å². The van der Waals surface area contributed by atoms with Gasteiger partial charge in [0.2, 0.25) is 5.91 Å². The quantitative estimate of drug-likeness (QED) is 0.722. The Balaban J connectivity index is 2.09. The maximum absolute atomic E-state index is 12.5. The predicted octanol–water partition coefficient (Wildman–Crippen LogP) is 2.02. The Bertz CT molecular complexity index is 623. The molecule has 0 aliphatic carbocycles. The molecule has 1 saturated heterocycles. The van der Waals surface area contributed by atoms with E-state index in [-0.39, 0.29) is 11.8 Å². The lowest BCUT2D eigenvalue weighted by Crippen LogP contribution is -2.37. The van der Waals surface area contributed by atoms with Crippen LogP contribution in [0.1, 0.15) is 18.1 Å². The average molecular weight is 257 g/mol. The van der Waals surface area contributed by atoms with Crippen molar-refractivity contribution in [2.75, 3.05) is 11.4 Å². The molecule has 5 nitrogen and oxygen atoms in total. The Morgan fingerprint density at radius 2 is 2.05 bits per heavy atom. The topological polar surface area (TPSA) is 62.1 Å². The van der Waals surface area contributed by atoms with E-state index in [4.69, 9.17) is 0 Å². The average Bonchev–Trinajstić information content (AvgIpc) is 2.81. The summed E-state index contributed by atoms with van der Waals surface area (Å²) in [5, 5.41) is 7.86. The second-order valence-corrected chi connectivity index (χ2v) is 5.39. The van der Waals surface area contributed by atoms with E-state index in [0.29, 0.717) is 12.2 Å². The molecular formula is C14H15N3O2. The Morgan fingerprint density at radius 3 is 2.68 bits per heavy atom. The third-order valence-electron chi connectivity index (χ3n) is 3.97. The van der Waals surface area contributed by atoms with Crippen molar-refractivity contribution < 1.29 is 9.59 Å². The van der Waals surface area contributed by atoms with Gasteiger partial charge >= 0.3 is 0 Å². The van der Waals surface area contributed by atoms with E-state index in [2.05, 4.69) is 10.2 Å². The molecule has 5 heteroatoms. The minimum Gasteiger partial charge on any atom is -0.274 e. The smallest absolute Gasteiger partial charge is 0.264 e. The maximum atomic E-state index is 12.5. The molecule has 0 aromatic heterocycles. The number of amides is 2. The molecule has 2 amide bonds. The van der Waals surface area contributed by atoms with Gasteiger partial charge in [-0.2, -0.15) is 10.2 Å². The van der Waals surface area contributed by atoms with Gasteiger partial charge in [-0.05, 0) is 32.4 Å². The molecule has 98 valence electrons. The second kappa shape index (κ2) is 3.73. The number of fused-ring (bicyclic) bond motifs is 1. The molecule has 1 aromatic carbocycles. The number of rotatable bonds is 1. The molecule has 1 fully saturated rings. The van der Waals surface area contributed by atoms with Crippen molar-refractivity contribution >= 4 is 17.5 Å². The van der Waals surface area contributed by atoms with Crippen LogP contribution in [0.25, 0.3) is 0 Å². The molecule has 3 rings (SSSR count). The first-order chi connectivity index (χ1) is 8.95. The SMILES string of the molecule is Cc1ccc(N2C(=O)C3CN=NC3(C)C2=O)c(C)c1. The highest BCUT2D eigenvalue weighted by Gasteiger charge is 2.60. The summed E-state index contributed by atoms with van der Waals surface area (Å²) in [7, 11) is 0. The summed E-state index contributed by atoms with van der Waals surface area (Å²) in [6, 6.07) is 5.69. The highest BCUT2D eigenvalue weighted by molar-refractivity contribution is 6.26. The van der Waals surface area contributed by atoms with Crippen molar-refractivity contribution in [2.24, 2.45) is 16.1 Å². The van der Waals surface area contributed by atoms with E-state index < -0.39 is 11.5 Å². The van der Waals surface area contributed by atoms with Crippen molar-refractivity contribution in [1.29, 1.82) is 0 Å². The van der Waals surface area contributed by atoms with Gasteiger partial charge in [-0.1, -0.05) is 17.7 Å². The van der Waals surface area contributed by atoms with Crippen LogP contribution in [0.3, 0.4) is 0 Å². The number of hydrogen-bond donors (Lipinski definition) is 0. The van der Waals surface area contributed by atoms with Crippen LogP contribution in [-0.4, -0.2) is 23.9 Å². The number of nitrogens with zero attached hydrogens (tertiary/aromatic N) is 3. The van der Waals surface area contributed by atoms with Crippen molar-refractivity contribution in [3.63, 3.8) is 0 Å². The number of hydrogen-bond acceptors (Lipinski definition) is 4. The van der Waals surface area contributed by atoms with E-state index in [0.717, 1.165) is 11.1 Å². The van der Waals surface area contributed by atoms with Gasteiger partial charge in [0, 0.05) is 0 Å². The Kier molecular flexibility index (Phi) is 2.36. The van der Waals surface area contributed by atoms with E-state index in [1.807, 2.05) is 32.0 Å². The largest absolute Gasteiger partial charge is 0.274 e. The monoisotopic (exact) mass is 257 g/mol. The molecule has 2 aliphatic heterocycles. The molecule has 2 unspecified atom stereocenters. The van der Waals surface area contributed by atoms with Crippen molar-refractivity contribution in [2.45, 2.75) is 26.3 Å². The summed E-state index contributed by atoms with van der Waals surface area (Å²) >= 11 is 0. The van der Waals surface area contributed by atoms with E-state index in [1.54, 1.807) is 6.92 Å². The molecule has 2 atom stereocenters. The number of carbonyl (C=O) groups excluding carboxylic acids is 2. The van der Waals surface area contributed by atoms with Gasteiger partial charge < -0.3 is 0 Å². The number of anilines is 1. The Labute approximate surface area is 111 Å². The van der Waals surface area contributed by atoms with Gasteiger partial charge in [0.1, 0.15) is 0 Å². The van der Waals surface area contributed by atoms with Gasteiger partial charge in [0.25, 0.3) is 5.91 Å². The highest BCUT2D eigenvalue weighted by atomic mass is 16.2. The summed E-state index contributed by atoms with van der Waals surface area (Å²) in [6.45, 7) is 5.88. The lowest BCUT2D eigenvalue weighted by atomic mass is 9.90. The molecular weight excluding hydrogens is 242 g/mol. The van der Waals surface area contributed by atoms with Crippen LogP contribution in [0.15, 0.2) is 28.4 Å². The van der Waals surface area contributed by atoms with Gasteiger partial charge in [-0.25, -0.2) is 4.90 Å². The molecule has 0 spiro atoms. The standard InChI is InChI=1S/C14H15N3O2/c1-8-4-5-11(9(2)6-8)17-12(18)10-7-15-16-14(10,3)13(17)19/h4-6,10H,7H2,1-3H3. The number of benzene rings is 1. The number of carbonyl (C=O) groups is 2. The fourth-order valence-corrected chi connectivity index (χ4v) is 2.79. The molecule has 0 N–H and O–H groups in total. The van der Waals surface area contributed by atoms with E-state index in [9.17, 15) is 9.59 Å². The maximum Gasteiger partial charge on any atom is 0.264 e. The minimum absolute atomic E-state index is 0.190. The van der Waals surface area contributed by atoms with E-state index in [1.165, 1.54) is 4.90 Å². The fraction of sp³-hybridized carbons (Fsp3) is 0.429. The zero-order valence-corrected chi connectivity index (χ0v) is 11.2. The highest BCUT2D eigenvalue weighted by Crippen LogP contribution is 2.41. The minimum atomic E-state index is -1.01. The van der Waals surface area contributed by atoms with Crippen molar-refractivity contribution in [3.05, 3.63) is 29.3 Å². The molecule has 2 heterocycles. The van der Waals surface area contributed by atoms with Crippen LogP contribution >= 0.6 is 0 Å². The zero-order chi connectivity index (χ0) is 13.8. The van der Waals surface area contributed by atoms with Gasteiger partial charge in [0.05, 0.1) is 18.2 Å². The van der Waals surface area contributed by atoms with Gasteiger partial charge in [-0.15, -0.1) is 0 Å². The molecule has 0 bridgehead atoms. The first-order valence-electron chi connectivity index (χ1n) is 6.29. The van der Waals surface area contributed by atoms with Crippen LogP contribution in [0.5, 0.6) is 0 Å². The molecule has 1 aromatic rings. The van der Waals surface area contributed by atoms with Gasteiger partial charge in [-0.3, -0.25) is 9.59 Å². The Morgan fingerprint density at radius 1 is 1.32 bits per heavy atom. The summed E-state index contributed by atoms with van der Waals surface area (Å²) in [4.78, 5) is 26.2. The van der Waals surface area contributed by atoms with Crippen molar-refractivity contribution in [3.8, 4) is 0 Å². The third kappa shape index (κ3) is 1.47. The third-order valence-corrected chi connectivity index (χ3v) is 3.97. The lowest BCUT2D eigenvalue weighted by molar-refractivity contribution is -0.122. The van der Waals surface area contributed by atoms with Gasteiger partial charge in [0.15, 0.2) is 5.54 Å². The predicted molar refractivity (Wildman–Crippen MR) is 70.0 cm³/mol. The number of azo groups is 1. The van der Waals surface area contributed by atoms with Crippen LogP contribution in [0.4, 0.5) is 5.69 Å². The lowest BCUT2D eigenvalue weighted by Gasteiger charge is -2.19. The second-order valence-electron chi connectivity index (χ2n) is 5.39. The summed E-state index contributed by atoms with van der Waals surface area (Å²) in [5.41, 5.74) is 1.68. The fourth-order valence-electron chi connectivity index (χ4n) is 2.79. The molecule has 19 heavy (non-hydrogen) atoms. The van der Waals surface area contributed by atoms with Crippen LogP contribution in [-0.2, 0) is 9.59 Å². The molecule has 0 saturated carbocycles. The zero-order valence-electron chi connectivity index (χ0n) is 11.2. The summed E-state index contributed by atoms with van der Waals surface area (Å²) in [5.74, 6) is -0.902. The molecule has 0 radical (unpaired) electrons. The first-order valence-corrected chi connectivity index (χ1v) is 6.29. The normalized spacial score (nSPS) is 29.2. The van der Waals surface area contributed by atoms with E-state index >= 15 is 0 Å². The van der Waals surface area contributed by atoms with Crippen LogP contribution < -0.4 is 4.90 Å². The van der Waals surface area contributed by atoms with Crippen molar-refractivity contribution in [1.82, 2.24) is 0 Å². The van der Waals surface area contributed by atoms with Crippen LogP contribution in [0, 0.1) is 19.8 Å². The summed E-state index contributed by atoms with van der Waals surface area (Å²) in [6.07, 6.45) is 0. The Hall–Kier alpha value is -2.04. The molecule has 2 aliphatic rings. The number of aryl methyl sites for hydroxylation is 2. The number of imide groups is 1. The summed E-state index contributed by atoms with van der Waals surface area (Å²) < 4.78 is 0.